The molecule has 6 nitrogen and oxygen atoms in total. The lowest BCUT2D eigenvalue weighted by Gasteiger charge is -2.11. The number of hydrogen-bond donors (Lipinski definition) is 1. The van der Waals surface area contributed by atoms with Crippen molar-refractivity contribution < 1.29 is 14.3 Å². The molecule has 1 rings (SSSR count). The molecule has 132 valence electrons. The van der Waals surface area contributed by atoms with Crippen molar-refractivity contribution >= 4 is 23.8 Å². The summed E-state index contributed by atoms with van der Waals surface area (Å²) < 4.78 is 4.57. The van der Waals surface area contributed by atoms with Crippen molar-refractivity contribution in [3.05, 3.63) is 29.8 Å². The molecule has 0 aliphatic rings. The first kappa shape index (κ1) is 19.7. The van der Waals surface area contributed by atoms with E-state index in [1.165, 1.54) is 7.11 Å². The molecule has 0 saturated carbocycles. The van der Waals surface area contributed by atoms with Crippen LogP contribution in [0.3, 0.4) is 0 Å². The first-order chi connectivity index (χ1) is 11.5. The van der Waals surface area contributed by atoms with Crippen molar-refractivity contribution in [3.63, 3.8) is 0 Å². The van der Waals surface area contributed by atoms with Crippen LogP contribution in [0.25, 0.3) is 0 Å². The fraction of sp³-hybridized carbons (Fsp3) is 0.500. The third kappa shape index (κ3) is 8.31. The molecule has 0 atom stereocenters. The van der Waals surface area contributed by atoms with Gasteiger partial charge in [-0.3, -0.25) is 9.59 Å². The van der Waals surface area contributed by atoms with Gasteiger partial charge in [0.2, 0.25) is 5.91 Å². The zero-order chi connectivity index (χ0) is 17.8. The summed E-state index contributed by atoms with van der Waals surface area (Å²) in [6.45, 7) is 0. The van der Waals surface area contributed by atoms with Gasteiger partial charge in [0.15, 0.2) is 0 Å². The van der Waals surface area contributed by atoms with Crippen LogP contribution in [0.5, 0.6) is 0 Å². The van der Waals surface area contributed by atoms with Crippen molar-refractivity contribution in [2.45, 2.75) is 38.5 Å². The first-order valence-corrected chi connectivity index (χ1v) is 8.19. The molecule has 24 heavy (non-hydrogen) atoms. The number of carbonyl (C=O) groups excluding carboxylic acids is 2. The fourth-order valence-electron chi connectivity index (χ4n) is 2.10. The van der Waals surface area contributed by atoms with E-state index in [2.05, 4.69) is 15.3 Å². The number of rotatable bonds is 10. The van der Waals surface area contributed by atoms with Gasteiger partial charge in [0.1, 0.15) is 0 Å². The Balaban J connectivity index is 2.16. The number of anilines is 1. The van der Waals surface area contributed by atoms with Gasteiger partial charge in [-0.05, 0) is 30.5 Å². The van der Waals surface area contributed by atoms with Crippen LogP contribution < -0.4 is 10.3 Å². The molecule has 0 spiro atoms. The molecule has 0 unspecified atom stereocenters. The van der Waals surface area contributed by atoms with Crippen molar-refractivity contribution in [2.75, 3.05) is 26.1 Å². The minimum atomic E-state index is -0.180. The first-order valence-electron chi connectivity index (χ1n) is 8.19. The predicted octanol–water partition coefficient (Wildman–Crippen LogP) is 2.72. The topological polar surface area (TPSA) is 71.0 Å². The number of benzene rings is 1. The summed E-state index contributed by atoms with van der Waals surface area (Å²) in [6, 6.07) is 7.90. The second-order valence-electron chi connectivity index (χ2n) is 5.77. The number of amides is 1. The Hall–Kier alpha value is -2.37. The smallest absolute Gasteiger partial charge is 0.305 e. The molecule has 0 aromatic heterocycles. The molecule has 0 heterocycles. The van der Waals surface area contributed by atoms with Crippen molar-refractivity contribution in [1.29, 1.82) is 0 Å². The van der Waals surface area contributed by atoms with E-state index < -0.39 is 0 Å². The maximum Gasteiger partial charge on any atom is 0.305 e. The summed E-state index contributed by atoms with van der Waals surface area (Å²) in [5.41, 5.74) is 4.58. The molecule has 0 radical (unpaired) electrons. The molecule has 1 N–H and O–H groups in total. The van der Waals surface area contributed by atoms with Gasteiger partial charge in [-0.15, -0.1) is 0 Å². The van der Waals surface area contributed by atoms with Gasteiger partial charge in [0.25, 0.3) is 0 Å². The van der Waals surface area contributed by atoms with Crippen LogP contribution >= 0.6 is 0 Å². The van der Waals surface area contributed by atoms with Gasteiger partial charge < -0.3 is 9.64 Å². The number of hydrazone groups is 1. The summed E-state index contributed by atoms with van der Waals surface area (Å²) in [6.07, 6.45) is 5.95. The van der Waals surface area contributed by atoms with Gasteiger partial charge in [0.05, 0.1) is 13.3 Å². The number of carbonyl (C=O) groups is 2. The van der Waals surface area contributed by atoms with Crippen LogP contribution in [0.15, 0.2) is 29.4 Å². The minimum absolute atomic E-state index is 0.0934. The van der Waals surface area contributed by atoms with Crippen LogP contribution in [-0.2, 0) is 14.3 Å². The van der Waals surface area contributed by atoms with Crippen molar-refractivity contribution in [1.82, 2.24) is 5.43 Å². The lowest BCUT2D eigenvalue weighted by molar-refractivity contribution is -0.140. The Morgan fingerprint density at radius 1 is 1.08 bits per heavy atom. The lowest BCUT2D eigenvalue weighted by atomic mass is 10.1. The van der Waals surface area contributed by atoms with Crippen LogP contribution in [0.4, 0.5) is 5.69 Å². The van der Waals surface area contributed by atoms with Gasteiger partial charge >= 0.3 is 5.97 Å². The maximum absolute atomic E-state index is 11.7. The van der Waals surface area contributed by atoms with E-state index in [-0.39, 0.29) is 11.9 Å². The number of unbranched alkanes of at least 4 members (excludes halogenated alkanes) is 3. The lowest BCUT2D eigenvalue weighted by Crippen LogP contribution is -2.16. The number of nitrogens with zero attached hydrogens (tertiary/aromatic N) is 2. The Kier molecular flexibility index (Phi) is 9.19. The summed E-state index contributed by atoms with van der Waals surface area (Å²) >= 11 is 0. The number of hydrogen-bond acceptors (Lipinski definition) is 5. The van der Waals surface area contributed by atoms with E-state index in [9.17, 15) is 9.59 Å². The Labute approximate surface area is 143 Å². The van der Waals surface area contributed by atoms with Gasteiger partial charge in [0, 0.05) is 32.6 Å². The quantitative estimate of drug-likeness (QED) is 0.309. The van der Waals surface area contributed by atoms with Crippen LogP contribution in [0.2, 0.25) is 0 Å². The van der Waals surface area contributed by atoms with Crippen LogP contribution in [-0.4, -0.2) is 39.3 Å². The van der Waals surface area contributed by atoms with Gasteiger partial charge in [-0.2, -0.15) is 5.10 Å². The van der Waals surface area contributed by atoms with E-state index in [0.717, 1.165) is 36.9 Å². The van der Waals surface area contributed by atoms with Gasteiger partial charge in [-0.25, -0.2) is 5.43 Å². The molecule has 0 aliphatic carbocycles. The van der Waals surface area contributed by atoms with E-state index >= 15 is 0 Å². The van der Waals surface area contributed by atoms with Crippen molar-refractivity contribution in [2.24, 2.45) is 5.10 Å². The summed E-state index contributed by atoms with van der Waals surface area (Å²) in [4.78, 5) is 24.6. The molecule has 1 aromatic carbocycles. The van der Waals surface area contributed by atoms with Crippen LogP contribution in [0.1, 0.15) is 44.1 Å². The van der Waals surface area contributed by atoms with Crippen LogP contribution in [0, 0.1) is 0 Å². The molecule has 0 saturated heterocycles. The molecule has 1 aromatic rings. The SMILES string of the molecule is COC(=O)CCCCCCC(=O)N/N=C/c1ccc(N(C)C)cc1. The largest absolute Gasteiger partial charge is 0.469 e. The second-order valence-corrected chi connectivity index (χ2v) is 5.77. The third-order valence-corrected chi connectivity index (χ3v) is 3.57. The molecule has 0 bridgehead atoms. The fourth-order valence-corrected chi connectivity index (χ4v) is 2.10. The molecule has 0 fully saturated rings. The summed E-state index contributed by atoms with van der Waals surface area (Å²) in [7, 11) is 5.36. The highest BCUT2D eigenvalue weighted by molar-refractivity contribution is 5.82. The van der Waals surface area contributed by atoms with E-state index in [1.807, 2.05) is 43.3 Å². The van der Waals surface area contributed by atoms with E-state index in [1.54, 1.807) is 6.21 Å². The third-order valence-electron chi connectivity index (χ3n) is 3.57. The maximum atomic E-state index is 11.7. The number of methoxy groups -OCH3 is 1. The average molecular weight is 333 g/mol. The molecule has 0 aliphatic heterocycles. The van der Waals surface area contributed by atoms with E-state index in [0.29, 0.717) is 12.8 Å². The predicted molar refractivity (Wildman–Crippen MR) is 96.2 cm³/mol. The highest BCUT2D eigenvalue weighted by Gasteiger charge is 2.02. The Morgan fingerprint density at radius 3 is 2.29 bits per heavy atom. The highest BCUT2D eigenvalue weighted by Crippen LogP contribution is 2.11. The monoisotopic (exact) mass is 333 g/mol. The normalized spacial score (nSPS) is 10.6. The molecular weight excluding hydrogens is 306 g/mol. The number of ether oxygens (including phenoxy) is 1. The zero-order valence-electron chi connectivity index (χ0n) is 14.7. The summed E-state index contributed by atoms with van der Waals surface area (Å²) in [5.74, 6) is -0.273. The number of nitrogens with one attached hydrogen (secondary N) is 1. The summed E-state index contributed by atoms with van der Waals surface area (Å²) in [5, 5.41) is 3.97. The molecular formula is C18H27N3O3. The number of esters is 1. The molecule has 6 heteroatoms. The Bertz CT molecular complexity index is 539. The second kappa shape index (κ2) is 11.2. The zero-order valence-corrected chi connectivity index (χ0v) is 14.7. The highest BCUT2D eigenvalue weighted by atomic mass is 16.5. The molecule has 1 amide bonds. The van der Waals surface area contributed by atoms with Gasteiger partial charge in [-0.1, -0.05) is 25.0 Å². The Morgan fingerprint density at radius 2 is 1.71 bits per heavy atom. The van der Waals surface area contributed by atoms with Crippen molar-refractivity contribution in [3.8, 4) is 0 Å². The average Bonchev–Trinajstić information content (AvgIpc) is 2.58. The van der Waals surface area contributed by atoms with E-state index in [4.69, 9.17) is 0 Å². The standard InChI is InChI=1S/C18H27N3O3/c1-21(2)16-12-10-15(11-13-16)14-19-20-17(22)8-6-4-5-7-9-18(23)24-3/h10-14H,4-9H2,1-3H3,(H,20,22)/b19-14+. The minimum Gasteiger partial charge on any atom is -0.469 e.